The topological polar surface area (TPSA) is 144 Å². The molecule has 3 aromatic rings. The maximum absolute atomic E-state index is 13.3. The van der Waals surface area contributed by atoms with Crippen LogP contribution in [-0.4, -0.2) is 77.6 Å². The van der Waals surface area contributed by atoms with E-state index in [9.17, 15) is 26.4 Å². The van der Waals surface area contributed by atoms with Crippen molar-refractivity contribution in [3.05, 3.63) is 81.8 Å². The summed E-state index contributed by atoms with van der Waals surface area (Å²) in [5.41, 5.74) is 1.77. The summed E-state index contributed by atoms with van der Waals surface area (Å²) < 4.78 is 53.4. The van der Waals surface area contributed by atoms with E-state index in [4.69, 9.17) is 28.3 Å². The molecule has 0 unspecified atom stereocenters. The summed E-state index contributed by atoms with van der Waals surface area (Å²) in [5, 5.41) is 12.7. The minimum Gasteiger partial charge on any atom is -0.481 e. The first kappa shape index (κ1) is 32.6. The SMILES string of the molecule is CN(c1ccc(CCC(=O)O)cc1C(=O)Nc1ccc(S(=O)(=O)N2CCN(c3cc(Cl)cc(Cl)c3)CC2)cc1)S(C)(=O)=O. The number of carbonyl (C=O) groups is 2. The summed E-state index contributed by atoms with van der Waals surface area (Å²) in [4.78, 5) is 26.4. The van der Waals surface area contributed by atoms with Gasteiger partial charge in [-0.25, -0.2) is 16.8 Å². The van der Waals surface area contributed by atoms with E-state index in [0.717, 1.165) is 16.2 Å². The molecule has 2 N–H and O–H groups in total. The van der Waals surface area contributed by atoms with Gasteiger partial charge in [-0.05, 0) is 66.6 Å². The lowest BCUT2D eigenvalue weighted by Gasteiger charge is -2.35. The van der Waals surface area contributed by atoms with Gasteiger partial charge in [-0.15, -0.1) is 0 Å². The number of carbonyl (C=O) groups excluding carboxylic acids is 1. The number of rotatable bonds is 10. The Balaban J connectivity index is 1.48. The van der Waals surface area contributed by atoms with Crippen molar-refractivity contribution in [1.82, 2.24) is 4.31 Å². The number of hydrogen-bond donors (Lipinski definition) is 2. The Bertz CT molecular complexity index is 1720. The van der Waals surface area contributed by atoms with Crippen LogP contribution >= 0.6 is 23.2 Å². The molecule has 1 fully saturated rings. The minimum atomic E-state index is -3.81. The molecule has 0 saturated carbocycles. The van der Waals surface area contributed by atoms with Gasteiger partial charge in [-0.3, -0.25) is 13.9 Å². The van der Waals surface area contributed by atoms with Crippen LogP contribution in [0, 0.1) is 0 Å². The van der Waals surface area contributed by atoms with Crippen molar-refractivity contribution in [3.8, 4) is 0 Å². The molecule has 1 aliphatic rings. The number of aliphatic carboxylic acids is 1. The zero-order valence-electron chi connectivity index (χ0n) is 23.3. The van der Waals surface area contributed by atoms with Crippen LogP contribution in [0.15, 0.2) is 65.6 Å². The van der Waals surface area contributed by atoms with Gasteiger partial charge < -0.3 is 15.3 Å². The van der Waals surface area contributed by atoms with E-state index in [0.29, 0.717) is 28.7 Å². The Hall–Kier alpha value is -3.36. The Kier molecular flexibility index (Phi) is 9.92. The molecule has 1 aliphatic heterocycles. The van der Waals surface area contributed by atoms with Gasteiger partial charge in [0.15, 0.2) is 0 Å². The highest BCUT2D eigenvalue weighted by Gasteiger charge is 2.29. The number of halogens is 2. The molecule has 1 amide bonds. The second-order valence-corrected chi connectivity index (χ2v) is 14.8. The summed E-state index contributed by atoms with van der Waals surface area (Å²) in [5.74, 6) is -1.65. The minimum absolute atomic E-state index is 0.0198. The fraction of sp³-hybridized carbons (Fsp3) is 0.286. The van der Waals surface area contributed by atoms with Gasteiger partial charge in [0.2, 0.25) is 20.0 Å². The largest absolute Gasteiger partial charge is 0.481 e. The van der Waals surface area contributed by atoms with Gasteiger partial charge in [-0.1, -0.05) is 29.3 Å². The summed E-state index contributed by atoms with van der Waals surface area (Å²) in [7, 11) is -6.21. The Morgan fingerprint density at radius 3 is 2.07 bits per heavy atom. The molecule has 1 heterocycles. The van der Waals surface area contributed by atoms with Crippen molar-refractivity contribution in [3.63, 3.8) is 0 Å². The number of anilines is 3. The van der Waals surface area contributed by atoms with Crippen molar-refractivity contribution in [2.75, 3.05) is 54.0 Å². The quantitative estimate of drug-likeness (QED) is 0.328. The fourth-order valence-electron chi connectivity index (χ4n) is 4.59. The third kappa shape index (κ3) is 7.98. The van der Waals surface area contributed by atoms with Gasteiger partial charge in [0.1, 0.15) is 0 Å². The number of hydrogen-bond acceptors (Lipinski definition) is 7. The summed E-state index contributed by atoms with van der Waals surface area (Å²) >= 11 is 12.2. The predicted octanol–water partition coefficient (Wildman–Crippen LogP) is 4.17. The second-order valence-electron chi connectivity index (χ2n) is 9.97. The predicted molar refractivity (Wildman–Crippen MR) is 167 cm³/mol. The lowest BCUT2D eigenvalue weighted by molar-refractivity contribution is -0.136. The van der Waals surface area contributed by atoms with Gasteiger partial charge in [0.05, 0.1) is 22.4 Å². The van der Waals surface area contributed by atoms with Crippen molar-refractivity contribution < 1.29 is 31.5 Å². The first-order valence-corrected chi connectivity index (χ1v) is 17.1. The Morgan fingerprint density at radius 1 is 0.907 bits per heavy atom. The Labute approximate surface area is 260 Å². The van der Waals surface area contributed by atoms with Crippen LogP contribution in [0.5, 0.6) is 0 Å². The molecule has 0 spiro atoms. The van der Waals surface area contributed by atoms with Crippen molar-refractivity contribution in [2.45, 2.75) is 17.7 Å². The average Bonchev–Trinajstić information content (AvgIpc) is 2.95. The maximum Gasteiger partial charge on any atom is 0.303 e. The van der Waals surface area contributed by atoms with Crippen molar-refractivity contribution in [1.29, 1.82) is 0 Å². The molecule has 0 aromatic heterocycles. The molecule has 0 atom stereocenters. The van der Waals surface area contributed by atoms with Crippen LogP contribution in [0.2, 0.25) is 10.0 Å². The molecule has 0 aliphatic carbocycles. The third-order valence-corrected chi connectivity index (χ3v) is 10.5. The van der Waals surface area contributed by atoms with Crippen LogP contribution in [-0.2, 0) is 31.3 Å². The molecule has 3 aromatic carbocycles. The van der Waals surface area contributed by atoms with Crippen LogP contribution in [0.4, 0.5) is 17.1 Å². The fourth-order valence-corrected chi connectivity index (χ4v) is 7.04. The summed E-state index contributed by atoms with van der Waals surface area (Å²) in [6, 6.07) is 15.3. The number of carboxylic acid groups (broad SMARTS) is 1. The molecule has 1 saturated heterocycles. The van der Waals surface area contributed by atoms with E-state index in [1.165, 1.54) is 47.8 Å². The first-order chi connectivity index (χ1) is 20.1. The van der Waals surface area contributed by atoms with Crippen LogP contribution in [0.25, 0.3) is 0 Å². The molecular weight excluding hydrogens is 639 g/mol. The van der Waals surface area contributed by atoms with Crippen molar-refractivity contribution in [2.24, 2.45) is 0 Å². The number of amides is 1. The lowest BCUT2D eigenvalue weighted by Crippen LogP contribution is -2.48. The van der Waals surface area contributed by atoms with Gasteiger partial charge in [-0.2, -0.15) is 4.31 Å². The molecule has 4 rings (SSSR count). The highest BCUT2D eigenvalue weighted by Crippen LogP contribution is 2.29. The molecule has 15 heteroatoms. The molecule has 230 valence electrons. The molecule has 0 bridgehead atoms. The van der Waals surface area contributed by atoms with Gasteiger partial charge in [0, 0.05) is 61.1 Å². The molecule has 0 radical (unpaired) electrons. The zero-order valence-corrected chi connectivity index (χ0v) is 26.5. The monoisotopic (exact) mass is 668 g/mol. The average molecular weight is 670 g/mol. The van der Waals surface area contributed by atoms with E-state index in [-0.39, 0.29) is 47.8 Å². The standard InChI is InChI=1S/C28H30Cl2N4O7S2/c1-32(42(2,38)39)26-9-3-19(4-10-27(35)36)15-25(26)28(37)31-22-5-7-24(8-6-22)43(40,41)34-13-11-33(12-14-34)23-17-20(29)16-21(30)18-23/h3,5-9,15-18H,4,10-14H2,1-2H3,(H,31,37)(H,35,36). The second kappa shape index (κ2) is 13.1. The van der Waals surface area contributed by atoms with E-state index in [1.807, 2.05) is 4.90 Å². The first-order valence-electron chi connectivity index (χ1n) is 13.1. The number of benzene rings is 3. The number of nitrogens with zero attached hydrogens (tertiary/aromatic N) is 3. The summed E-state index contributed by atoms with van der Waals surface area (Å²) in [6.45, 7) is 1.39. The number of sulfonamides is 2. The number of nitrogens with one attached hydrogen (secondary N) is 1. The summed E-state index contributed by atoms with van der Waals surface area (Å²) in [6.07, 6.45) is 0.980. The lowest BCUT2D eigenvalue weighted by atomic mass is 10.0. The van der Waals surface area contributed by atoms with Gasteiger partial charge >= 0.3 is 5.97 Å². The molecular formula is C28H30Cl2N4O7S2. The van der Waals surface area contributed by atoms with E-state index < -0.39 is 31.9 Å². The number of aryl methyl sites for hydroxylation is 1. The highest BCUT2D eigenvalue weighted by atomic mass is 35.5. The maximum atomic E-state index is 13.3. The Morgan fingerprint density at radius 2 is 1.51 bits per heavy atom. The number of piperazine rings is 1. The van der Waals surface area contributed by atoms with E-state index in [1.54, 1.807) is 24.3 Å². The third-order valence-electron chi connectivity index (χ3n) is 6.97. The van der Waals surface area contributed by atoms with Crippen LogP contribution in [0.3, 0.4) is 0 Å². The van der Waals surface area contributed by atoms with Crippen LogP contribution in [0.1, 0.15) is 22.3 Å². The van der Waals surface area contributed by atoms with E-state index in [2.05, 4.69) is 5.32 Å². The number of carboxylic acids is 1. The smallest absolute Gasteiger partial charge is 0.303 e. The molecule has 11 nitrogen and oxygen atoms in total. The van der Waals surface area contributed by atoms with Gasteiger partial charge in [0.25, 0.3) is 5.91 Å². The van der Waals surface area contributed by atoms with Crippen LogP contribution < -0.4 is 14.5 Å². The van der Waals surface area contributed by atoms with E-state index >= 15 is 0 Å². The zero-order chi connectivity index (χ0) is 31.5. The van der Waals surface area contributed by atoms with Crippen molar-refractivity contribution >= 4 is 72.2 Å². The normalized spacial score (nSPS) is 14.4. The molecule has 43 heavy (non-hydrogen) atoms. The highest BCUT2D eigenvalue weighted by molar-refractivity contribution is 7.92.